The lowest BCUT2D eigenvalue weighted by Crippen LogP contribution is -2.46. The van der Waals surface area contributed by atoms with E-state index >= 15 is 0 Å². The lowest BCUT2D eigenvalue weighted by Gasteiger charge is -2.36. The van der Waals surface area contributed by atoms with Crippen LogP contribution in [0.1, 0.15) is 18.4 Å². The number of piperidine rings is 1. The third-order valence-electron chi connectivity index (χ3n) is 4.59. The van der Waals surface area contributed by atoms with Crippen molar-refractivity contribution in [1.29, 1.82) is 0 Å². The van der Waals surface area contributed by atoms with Gasteiger partial charge in [-0.3, -0.25) is 0 Å². The second-order valence-corrected chi connectivity index (χ2v) is 6.55. The van der Waals surface area contributed by atoms with Gasteiger partial charge in [-0.05, 0) is 51.5 Å². The van der Waals surface area contributed by atoms with Crippen molar-refractivity contribution in [1.82, 2.24) is 9.80 Å². The summed E-state index contributed by atoms with van der Waals surface area (Å²) in [6, 6.07) is 9.77. The van der Waals surface area contributed by atoms with Gasteiger partial charge < -0.3 is 20.6 Å². The summed E-state index contributed by atoms with van der Waals surface area (Å²) in [6.45, 7) is 4.22. The standard InChI is InChI=1S/C17H29N3O/c1-19-10-8-15(9-11-19)12-20(2)14-17(21,13-18)16-6-4-3-5-7-16/h3-7,15,21H,8-14,18H2,1-2H3. The van der Waals surface area contributed by atoms with Gasteiger partial charge in [0.2, 0.25) is 0 Å². The number of nitrogens with zero attached hydrogens (tertiary/aromatic N) is 2. The van der Waals surface area contributed by atoms with Crippen LogP contribution in [0.5, 0.6) is 0 Å². The molecule has 1 aliphatic rings. The number of likely N-dealkylation sites (N-methyl/N-ethyl adjacent to an activating group) is 1. The molecule has 4 heteroatoms. The Bertz CT molecular complexity index is 417. The molecule has 3 N–H and O–H groups in total. The quantitative estimate of drug-likeness (QED) is 0.824. The Morgan fingerprint density at radius 3 is 2.48 bits per heavy atom. The normalized spacial score (nSPS) is 20.6. The van der Waals surface area contributed by atoms with Gasteiger partial charge in [0.05, 0.1) is 0 Å². The highest BCUT2D eigenvalue weighted by Crippen LogP contribution is 2.23. The van der Waals surface area contributed by atoms with E-state index in [2.05, 4.69) is 23.9 Å². The van der Waals surface area contributed by atoms with Crippen LogP contribution in [0.3, 0.4) is 0 Å². The summed E-state index contributed by atoms with van der Waals surface area (Å²) in [5.74, 6) is 0.726. The van der Waals surface area contributed by atoms with Gasteiger partial charge in [-0.1, -0.05) is 30.3 Å². The van der Waals surface area contributed by atoms with Crippen LogP contribution in [-0.4, -0.2) is 61.7 Å². The fraction of sp³-hybridized carbons (Fsp3) is 0.647. The molecule has 1 atom stereocenters. The van der Waals surface area contributed by atoms with Crippen molar-refractivity contribution in [3.63, 3.8) is 0 Å². The van der Waals surface area contributed by atoms with Gasteiger partial charge in [-0.2, -0.15) is 0 Å². The average Bonchev–Trinajstić information content (AvgIpc) is 2.50. The van der Waals surface area contributed by atoms with E-state index in [1.165, 1.54) is 25.9 Å². The summed E-state index contributed by atoms with van der Waals surface area (Å²) in [5, 5.41) is 10.9. The van der Waals surface area contributed by atoms with E-state index in [1.807, 2.05) is 30.3 Å². The maximum absolute atomic E-state index is 10.9. The molecule has 0 bridgehead atoms. The average molecular weight is 291 g/mol. The van der Waals surface area contributed by atoms with E-state index < -0.39 is 5.60 Å². The summed E-state index contributed by atoms with van der Waals surface area (Å²) in [6.07, 6.45) is 2.49. The Labute approximate surface area is 128 Å². The minimum atomic E-state index is -0.957. The minimum absolute atomic E-state index is 0.245. The zero-order valence-electron chi connectivity index (χ0n) is 13.3. The Kier molecular flexibility index (Phi) is 5.76. The molecular formula is C17H29N3O. The molecule has 2 rings (SSSR count). The van der Waals surface area contributed by atoms with Gasteiger partial charge in [-0.15, -0.1) is 0 Å². The summed E-state index contributed by atoms with van der Waals surface area (Å²) in [7, 11) is 4.27. The fourth-order valence-electron chi connectivity index (χ4n) is 3.22. The maximum Gasteiger partial charge on any atom is 0.114 e. The van der Waals surface area contributed by atoms with Crippen molar-refractivity contribution in [2.75, 3.05) is 46.8 Å². The molecule has 21 heavy (non-hydrogen) atoms. The van der Waals surface area contributed by atoms with Crippen molar-refractivity contribution < 1.29 is 5.11 Å². The summed E-state index contributed by atoms with van der Waals surface area (Å²) in [4.78, 5) is 4.62. The van der Waals surface area contributed by atoms with Crippen molar-refractivity contribution in [2.45, 2.75) is 18.4 Å². The van der Waals surface area contributed by atoms with Gasteiger partial charge in [0, 0.05) is 19.6 Å². The van der Waals surface area contributed by atoms with Crippen LogP contribution in [0.15, 0.2) is 30.3 Å². The topological polar surface area (TPSA) is 52.7 Å². The van der Waals surface area contributed by atoms with Crippen LogP contribution in [0.2, 0.25) is 0 Å². The maximum atomic E-state index is 10.9. The number of likely N-dealkylation sites (tertiary alicyclic amines) is 1. The molecule has 0 saturated carbocycles. The summed E-state index contributed by atoms with van der Waals surface area (Å²) < 4.78 is 0. The molecule has 1 aromatic rings. The Hall–Kier alpha value is -0.940. The molecule has 1 aromatic carbocycles. The zero-order chi connectivity index (χ0) is 15.3. The first-order valence-electron chi connectivity index (χ1n) is 7.88. The predicted molar refractivity (Wildman–Crippen MR) is 87.1 cm³/mol. The van der Waals surface area contributed by atoms with E-state index in [9.17, 15) is 5.11 Å². The summed E-state index contributed by atoms with van der Waals surface area (Å²) >= 11 is 0. The highest BCUT2D eigenvalue weighted by atomic mass is 16.3. The molecule has 0 radical (unpaired) electrons. The molecule has 1 heterocycles. The number of rotatable bonds is 6. The Morgan fingerprint density at radius 1 is 1.29 bits per heavy atom. The molecule has 1 aliphatic heterocycles. The Balaban J connectivity index is 1.92. The molecule has 0 amide bonds. The van der Waals surface area contributed by atoms with Gasteiger partial charge >= 0.3 is 0 Å². The lowest BCUT2D eigenvalue weighted by atomic mass is 9.92. The highest BCUT2D eigenvalue weighted by Gasteiger charge is 2.30. The highest BCUT2D eigenvalue weighted by molar-refractivity contribution is 5.23. The van der Waals surface area contributed by atoms with E-state index in [0.717, 1.165) is 18.0 Å². The van der Waals surface area contributed by atoms with Crippen molar-refractivity contribution >= 4 is 0 Å². The zero-order valence-corrected chi connectivity index (χ0v) is 13.3. The number of benzene rings is 1. The van der Waals surface area contributed by atoms with E-state index in [0.29, 0.717) is 6.54 Å². The van der Waals surface area contributed by atoms with Crippen LogP contribution >= 0.6 is 0 Å². The van der Waals surface area contributed by atoms with Crippen molar-refractivity contribution in [3.05, 3.63) is 35.9 Å². The number of aliphatic hydroxyl groups is 1. The minimum Gasteiger partial charge on any atom is -0.382 e. The molecule has 1 fully saturated rings. The predicted octanol–water partition coefficient (Wildman–Crippen LogP) is 1.11. The first-order valence-corrected chi connectivity index (χ1v) is 7.88. The summed E-state index contributed by atoms with van der Waals surface area (Å²) in [5.41, 5.74) is 5.80. The molecule has 1 unspecified atom stereocenters. The van der Waals surface area contributed by atoms with E-state index in [1.54, 1.807) is 0 Å². The molecule has 118 valence electrons. The number of hydrogen-bond donors (Lipinski definition) is 2. The third kappa shape index (κ3) is 4.51. The first-order chi connectivity index (χ1) is 10.0. The Morgan fingerprint density at radius 2 is 1.90 bits per heavy atom. The first kappa shape index (κ1) is 16.4. The van der Waals surface area contributed by atoms with Crippen LogP contribution in [0, 0.1) is 5.92 Å². The van der Waals surface area contributed by atoms with Crippen molar-refractivity contribution in [2.24, 2.45) is 11.7 Å². The van der Waals surface area contributed by atoms with Crippen molar-refractivity contribution in [3.8, 4) is 0 Å². The molecule has 0 aromatic heterocycles. The monoisotopic (exact) mass is 291 g/mol. The van der Waals surface area contributed by atoms with E-state index in [-0.39, 0.29) is 6.54 Å². The smallest absolute Gasteiger partial charge is 0.114 e. The molecular weight excluding hydrogens is 262 g/mol. The lowest BCUT2D eigenvalue weighted by molar-refractivity contribution is 0.00791. The second-order valence-electron chi connectivity index (χ2n) is 6.55. The molecule has 0 aliphatic carbocycles. The second kappa shape index (κ2) is 7.36. The van der Waals surface area contributed by atoms with Crippen LogP contribution in [0.25, 0.3) is 0 Å². The van der Waals surface area contributed by atoms with Gasteiger partial charge in [0.25, 0.3) is 0 Å². The SMILES string of the molecule is CN1CCC(CN(C)CC(O)(CN)c2ccccc2)CC1. The van der Waals surface area contributed by atoms with Crippen LogP contribution < -0.4 is 5.73 Å². The van der Waals surface area contributed by atoms with Crippen LogP contribution in [0.4, 0.5) is 0 Å². The van der Waals surface area contributed by atoms with Gasteiger partial charge in [0.1, 0.15) is 5.60 Å². The van der Waals surface area contributed by atoms with Gasteiger partial charge in [-0.25, -0.2) is 0 Å². The van der Waals surface area contributed by atoms with Gasteiger partial charge in [0.15, 0.2) is 0 Å². The molecule has 4 nitrogen and oxygen atoms in total. The third-order valence-corrected chi connectivity index (χ3v) is 4.59. The molecule has 0 spiro atoms. The van der Waals surface area contributed by atoms with E-state index in [4.69, 9.17) is 5.73 Å². The number of hydrogen-bond acceptors (Lipinski definition) is 4. The van der Waals surface area contributed by atoms with Crippen LogP contribution in [-0.2, 0) is 5.60 Å². The molecule has 1 saturated heterocycles. The largest absolute Gasteiger partial charge is 0.382 e. The number of nitrogens with two attached hydrogens (primary N) is 1. The fourth-order valence-corrected chi connectivity index (χ4v) is 3.22.